The zero-order valence-corrected chi connectivity index (χ0v) is 14.9. The van der Waals surface area contributed by atoms with E-state index >= 15 is 0 Å². The number of esters is 1. The number of hydrogen-bond donors (Lipinski definition) is 2. The highest BCUT2D eigenvalue weighted by molar-refractivity contribution is 9.11. The lowest BCUT2D eigenvalue weighted by molar-refractivity contribution is 0.0607. The number of benzene rings is 1. The molecule has 122 valence electrons. The Bertz CT molecular complexity index is 921. The Hall–Kier alpha value is -2.45. The first-order valence-electron chi connectivity index (χ1n) is 6.88. The average Bonchev–Trinajstić information content (AvgIpc) is 2.94. The molecule has 1 aromatic carbocycles. The second-order valence-electron chi connectivity index (χ2n) is 4.74. The third kappa shape index (κ3) is 3.39. The summed E-state index contributed by atoms with van der Waals surface area (Å²) in [5, 5.41) is 7.15. The maximum atomic E-state index is 12.3. The van der Waals surface area contributed by atoms with Gasteiger partial charge in [0, 0.05) is 11.6 Å². The van der Waals surface area contributed by atoms with Crippen LogP contribution in [0.5, 0.6) is 0 Å². The molecule has 6 nitrogen and oxygen atoms in total. The molecule has 0 aliphatic rings. The van der Waals surface area contributed by atoms with Crippen molar-refractivity contribution in [2.75, 3.05) is 17.7 Å². The van der Waals surface area contributed by atoms with E-state index in [-0.39, 0.29) is 0 Å². The van der Waals surface area contributed by atoms with Crippen molar-refractivity contribution < 1.29 is 14.3 Å². The van der Waals surface area contributed by atoms with E-state index in [1.54, 1.807) is 12.3 Å². The molecule has 0 spiro atoms. The van der Waals surface area contributed by atoms with Gasteiger partial charge in [0.1, 0.15) is 10.7 Å². The number of amides is 2. The summed E-state index contributed by atoms with van der Waals surface area (Å²) >= 11 is 4.48. The first-order chi connectivity index (χ1) is 11.6. The van der Waals surface area contributed by atoms with E-state index in [1.165, 1.54) is 18.4 Å². The number of ether oxygens (including phenoxy) is 1. The molecule has 2 heterocycles. The van der Waals surface area contributed by atoms with E-state index in [9.17, 15) is 9.59 Å². The number of anilines is 2. The zero-order chi connectivity index (χ0) is 17.1. The summed E-state index contributed by atoms with van der Waals surface area (Å²) in [6, 6.07) is 10.6. The van der Waals surface area contributed by atoms with Gasteiger partial charge in [0.25, 0.3) is 0 Å². The van der Waals surface area contributed by atoms with Gasteiger partial charge in [0.05, 0.1) is 16.6 Å². The van der Waals surface area contributed by atoms with Crippen LogP contribution in [0.4, 0.5) is 16.3 Å². The number of urea groups is 1. The molecule has 3 rings (SSSR count). The monoisotopic (exact) mass is 405 g/mol. The van der Waals surface area contributed by atoms with Crippen LogP contribution in [0, 0.1) is 0 Å². The number of nitrogens with one attached hydrogen (secondary N) is 2. The SMILES string of the molecule is COC(=O)c1sc(Br)cc1NC(=O)Nc1nccc2ccccc12. The lowest BCUT2D eigenvalue weighted by Crippen LogP contribution is -2.21. The molecule has 2 aromatic heterocycles. The number of pyridine rings is 1. The molecule has 8 heteroatoms. The minimum Gasteiger partial charge on any atom is -0.465 e. The second-order valence-corrected chi connectivity index (χ2v) is 7.18. The summed E-state index contributed by atoms with van der Waals surface area (Å²) in [6.07, 6.45) is 1.62. The minimum atomic E-state index is -0.510. The molecule has 24 heavy (non-hydrogen) atoms. The van der Waals surface area contributed by atoms with Gasteiger partial charge in [0.2, 0.25) is 0 Å². The molecule has 0 aliphatic heterocycles. The van der Waals surface area contributed by atoms with Crippen molar-refractivity contribution in [3.63, 3.8) is 0 Å². The number of carbonyl (C=O) groups excluding carboxylic acids is 2. The van der Waals surface area contributed by atoms with Gasteiger partial charge in [-0.15, -0.1) is 11.3 Å². The van der Waals surface area contributed by atoms with Gasteiger partial charge in [-0.1, -0.05) is 24.3 Å². The number of rotatable bonds is 3. The van der Waals surface area contributed by atoms with Crippen LogP contribution < -0.4 is 10.6 Å². The van der Waals surface area contributed by atoms with Crippen LogP contribution >= 0.6 is 27.3 Å². The standard InChI is InChI=1S/C16H12BrN3O3S/c1-23-15(21)13-11(8-12(17)24-13)19-16(22)20-14-10-5-3-2-4-9(10)6-7-18-14/h2-8H,1H3,(H2,18,19,20,22). The molecule has 0 atom stereocenters. The van der Waals surface area contributed by atoms with Crippen molar-refractivity contribution >= 4 is 61.5 Å². The summed E-state index contributed by atoms with van der Waals surface area (Å²) in [5.41, 5.74) is 0.372. The second kappa shape index (κ2) is 6.98. The van der Waals surface area contributed by atoms with Crippen LogP contribution in [0.3, 0.4) is 0 Å². The van der Waals surface area contributed by atoms with Gasteiger partial charge in [-0.05, 0) is 33.4 Å². The Labute approximate surface area is 150 Å². The number of fused-ring (bicyclic) bond motifs is 1. The number of nitrogens with zero attached hydrogens (tertiary/aromatic N) is 1. The molecular weight excluding hydrogens is 394 g/mol. The highest BCUT2D eigenvalue weighted by atomic mass is 79.9. The Morgan fingerprint density at radius 3 is 2.79 bits per heavy atom. The Morgan fingerprint density at radius 1 is 1.21 bits per heavy atom. The molecule has 0 saturated heterocycles. The lowest BCUT2D eigenvalue weighted by Gasteiger charge is -2.09. The van der Waals surface area contributed by atoms with E-state index < -0.39 is 12.0 Å². The maximum absolute atomic E-state index is 12.3. The molecule has 0 unspecified atom stereocenters. The molecule has 3 aromatic rings. The van der Waals surface area contributed by atoms with Gasteiger partial charge in [-0.3, -0.25) is 5.32 Å². The first kappa shape index (κ1) is 16.4. The first-order valence-corrected chi connectivity index (χ1v) is 8.49. The number of thiophene rings is 1. The molecule has 0 bridgehead atoms. The third-order valence-electron chi connectivity index (χ3n) is 3.23. The average molecular weight is 406 g/mol. The summed E-state index contributed by atoms with van der Waals surface area (Å²) in [5.74, 6) is -0.0659. The van der Waals surface area contributed by atoms with Crippen molar-refractivity contribution in [3.8, 4) is 0 Å². The van der Waals surface area contributed by atoms with Gasteiger partial charge in [-0.25, -0.2) is 14.6 Å². The molecule has 0 fully saturated rings. The van der Waals surface area contributed by atoms with Crippen molar-refractivity contribution in [1.29, 1.82) is 0 Å². The fraction of sp³-hybridized carbons (Fsp3) is 0.0625. The van der Waals surface area contributed by atoms with Gasteiger partial charge < -0.3 is 10.1 Å². The van der Waals surface area contributed by atoms with E-state index in [4.69, 9.17) is 4.74 Å². The normalized spacial score (nSPS) is 10.4. The molecular formula is C16H12BrN3O3S. The van der Waals surface area contributed by atoms with Gasteiger partial charge in [0.15, 0.2) is 0 Å². The maximum Gasteiger partial charge on any atom is 0.350 e. The highest BCUT2D eigenvalue weighted by Crippen LogP contribution is 2.32. The topological polar surface area (TPSA) is 80.3 Å². The van der Waals surface area contributed by atoms with Gasteiger partial charge in [-0.2, -0.15) is 0 Å². The summed E-state index contributed by atoms with van der Waals surface area (Å²) in [6.45, 7) is 0. The van der Waals surface area contributed by atoms with Crippen LogP contribution in [0.15, 0.2) is 46.4 Å². The number of hydrogen-bond acceptors (Lipinski definition) is 5. The van der Waals surface area contributed by atoms with Crippen molar-refractivity contribution in [2.24, 2.45) is 0 Å². The lowest BCUT2D eigenvalue weighted by atomic mass is 10.1. The van der Waals surface area contributed by atoms with Crippen LogP contribution in [-0.2, 0) is 4.74 Å². The zero-order valence-electron chi connectivity index (χ0n) is 12.5. The minimum absolute atomic E-state index is 0.311. The molecule has 0 radical (unpaired) electrons. The van der Waals surface area contributed by atoms with E-state index in [0.29, 0.717) is 20.2 Å². The van der Waals surface area contributed by atoms with Crippen LogP contribution in [0.2, 0.25) is 0 Å². The molecule has 0 saturated carbocycles. The highest BCUT2D eigenvalue weighted by Gasteiger charge is 2.18. The fourth-order valence-electron chi connectivity index (χ4n) is 2.18. The smallest absolute Gasteiger partial charge is 0.350 e. The largest absolute Gasteiger partial charge is 0.465 e. The van der Waals surface area contributed by atoms with Crippen LogP contribution in [-0.4, -0.2) is 24.1 Å². The Kier molecular flexibility index (Phi) is 4.77. The van der Waals surface area contributed by atoms with E-state index in [1.807, 2.05) is 30.3 Å². The van der Waals surface area contributed by atoms with Crippen LogP contribution in [0.1, 0.15) is 9.67 Å². The number of carbonyl (C=O) groups is 2. The quantitative estimate of drug-likeness (QED) is 0.629. The summed E-state index contributed by atoms with van der Waals surface area (Å²) in [4.78, 5) is 28.5. The number of halogens is 1. The van der Waals surface area contributed by atoms with Crippen LogP contribution in [0.25, 0.3) is 10.8 Å². The predicted octanol–water partition coefficient (Wildman–Crippen LogP) is 4.49. The molecule has 0 aliphatic carbocycles. The number of methoxy groups -OCH3 is 1. The molecule has 2 amide bonds. The predicted molar refractivity (Wildman–Crippen MR) is 97.7 cm³/mol. The molecule has 2 N–H and O–H groups in total. The summed E-state index contributed by atoms with van der Waals surface area (Å²) < 4.78 is 5.42. The van der Waals surface area contributed by atoms with Crippen molar-refractivity contribution in [1.82, 2.24) is 4.98 Å². The summed E-state index contributed by atoms with van der Waals surface area (Å²) in [7, 11) is 1.29. The number of aromatic nitrogens is 1. The Morgan fingerprint density at radius 2 is 2.00 bits per heavy atom. The third-order valence-corrected chi connectivity index (χ3v) is 4.84. The van der Waals surface area contributed by atoms with E-state index in [0.717, 1.165) is 10.8 Å². The van der Waals surface area contributed by atoms with Crippen molar-refractivity contribution in [3.05, 3.63) is 51.3 Å². The fourth-order valence-corrected chi connectivity index (χ4v) is 3.65. The van der Waals surface area contributed by atoms with Crippen molar-refractivity contribution in [2.45, 2.75) is 0 Å². The van der Waals surface area contributed by atoms with Gasteiger partial charge >= 0.3 is 12.0 Å². The Balaban J connectivity index is 1.82. The van der Waals surface area contributed by atoms with E-state index in [2.05, 4.69) is 31.5 Å².